The summed E-state index contributed by atoms with van der Waals surface area (Å²) in [6, 6.07) is 18.6. The van der Waals surface area contributed by atoms with Gasteiger partial charge in [0.15, 0.2) is 5.43 Å². The number of aromatic hydroxyl groups is 1. The highest BCUT2D eigenvalue weighted by Crippen LogP contribution is 2.33. The number of fused-ring (bicyclic) bond motifs is 1. The number of phenolic OH excluding ortho intramolecular Hbond substituents is 1. The lowest BCUT2D eigenvalue weighted by Crippen LogP contribution is -2.01. The summed E-state index contributed by atoms with van der Waals surface area (Å²) in [7, 11) is 0. The number of benzene rings is 3. The average Bonchev–Trinajstić information content (AvgIpc) is 2.68. The van der Waals surface area contributed by atoms with Crippen LogP contribution in [0.2, 0.25) is 5.02 Å². The van der Waals surface area contributed by atoms with Crippen LogP contribution in [0.5, 0.6) is 5.75 Å². The summed E-state index contributed by atoms with van der Waals surface area (Å²) < 4.78 is 6.09. The van der Waals surface area contributed by atoms with Gasteiger partial charge in [0, 0.05) is 27.8 Å². The molecular weight excluding hydrogens is 360 g/mol. The second kappa shape index (κ2) is 6.68. The first-order chi connectivity index (χ1) is 13.0. The molecule has 27 heavy (non-hydrogen) atoms. The van der Waals surface area contributed by atoms with Gasteiger partial charge in [0.1, 0.15) is 17.1 Å². The molecule has 0 aliphatic heterocycles. The molecule has 4 rings (SSSR count). The molecule has 1 heterocycles. The minimum Gasteiger partial charge on any atom is -0.508 e. The maximum Gasteiger partial charge on any atom is 0.193 e. The van der Waals surface area contributed by atoms with Crippen molar-refractivity contribution in [3.8, 4) is 40.5 Å². The van der Waals surface area contributed by atoms with E-state index in [2.05, 4.69) is 5.92 Å². The third-order valence-corrected chi connectivity index (χ3v) is 4.50. The van der Waals surface area contributed by atoms with E-state index in [1.54, 1.807) is 36.4 Å². The van der Waals surface area contributed by atoms with Crippen LogP contribution in [-0.4, -0.2) is 5.11 Å². The van der Waals surface area contributed by atoms with E-state index in [1.807, 2.05) is 24.3 Å². The Morgan fingerprint density at radius 3 is 2.48 bits per heavy atom. The van der Waals surface area contributed by atoms with Gasteiger partial charge in [0.25, 0.3) is 0 Å². The molecule has 0 amide bonds. The van der Waals surface area contributed by atoms with Crippen molar-refractivity contribution in [2.24, 2.45) is 0 Å². The van der Waals surface area contributed by atoms with E-state index < -0.39 is 0 Å². The molecule has 130 valence electrons. The molecule has 1 aromatic heterocycles. The topological polar surface area (TPSA) is 50.4 Å². The van der Waals surface area contributed by atoms with Crippen LogP contribution >= 0.6 is 11.6 Å². The summed E-state index contributed by atoms with van der Waals surface area (Å²) >= 11 is 6.24. The second-order valence-corrected chi connectivity index (χ2v) is 6.51. The molecule has 0 bridgehead atoms. The quantitative estimate of drug-likeness (QED) is 0.475. The van der Waals surface area contributed by atoms with Crippen molar-refractivity contribution in [1.82, 2.24) is 0 Å². The number of phenols is 1. The van der Waals surface area contributed by atoms with Crippen LogP contribution in [0.1, 0.15) is 5.56 Å². The van der Waals surface area contributed by atoms with Crippen molar-refractivity contribution in [2.75, 3.05) is 0 Å². The predicted molar refractivity (Wildman–Crippen MR) is 108 cm³/mol. The van der Waals surface area contributed by atoms with Gasteiger partial charge in [0.2, 0.25) is 0 Å². The summed E-state index contributed by atoms with van der Waals surface area (Å²) in [4.78, 5) is 12.7. The monoisotopic (exact) mass is 372 g/mol. The molecule has 0 saturated heterocycles. The SMILES string of the molecule is C#Cc1cccc(-c2cc(Cl)cc3c(=O)cc(-c4ccc(O)cc4)oc23)c1. The molecule has 0 unspecified atom stereocenters. The van der Waals surface area contributed by atoms with E-state index in [0.717, 1.165) is 11.1 Å². The van der Waals surface area contributed by atoms with E-state index >= 15 is 0 Å². The van der Waals surface area contributed by atoms with Gasteiger partial charge < -0.3 is 9.52 Å². The summed E-state index contributed by atoms with van der Waals surface area (Å²) in [5, 5.41) is 10.3. The highest BCUT2D eigenvalue weighted by atomic mass is 35.5. The predicted octanol–water partition coefficient (Wildman–Crippen LogP) is 5.47. The van der Waals surface area contributed by atoms with Crippen molar-refractivity contribution in [1.29, 1.82) is 0 Å². The molecule has 4 aromatic rings. The highest BCUT2D eigenvalue weighted by molar-refractivity contribution is 6.31. The smallest absolute Gasteiger partial charge is 0.193 e. The number of hydrogen-bond donors (Lipinski definition) is 1. The van der Waals surface area contributed by atoms with Crippen LogP contribution in [0.25, 0.3) is 33.4 Å². The Kier molecular flexibility index (Phi) is 4.19. The van der Waals surface area contributed by atoms with E-state index in [4.69, 9.17) is 22.4 Å². The molecule has 0 saturated carbocycles. The van der Waals surface area contributed by atoms with Gasteiger partial charge in [-0.25, -0.2) is 0 Å². The van der Waals surface area contributed by atoms with Gasteiger partial charge in [-0.2, -0.15) is 0 Å². The van der Waals surface area contributed by atoms with Gasteiger partial charge in [-0.1, -0.05) is 29.7 Å². The Hall–Kier alpha value is -3.48. The Balaban J connectivity index is 2.02. The van der Waals surface area contributed by atoms with Crippen LogP contribution < -0.4 is 5.43 Å². The summed E-state index contributed by atoms with van der Waals surface area (Å²) in [6.07, 6.45) is 5.51. The maximum absolute atomic E-state index is 12.7. The lowest BCUT2D eigenvalue weighted by Gasteiger charge is -2.10. The third-order valence-electron chi connectivity index (χ3n) is 4.29. The zero-order valence-electron chi connectivity index (χ0n) is 14.1. The first kappa shape index (κ1) is 17.0. The van der Waals surface area contributed by atoms with Gasteiger partial charge >= 0.3 is 0 Å². The summed E-state index contributed by atoms with van der Waals surface area (Å²) in [6.45, 7) is 0. The van der Waals surface area contributed by atoms with E-state index in [1.165, 1.54) is 6.07 Å². The average molecular weight is 373 g/mol. The van der Waals surface area contributed by atoms with Crippen molar-refractivity contribution in [2.45, 2.75) is 0 Å². The van der Waals surface area contributed by atoms with Crippen molar-refractivity contribution >= 4 is 22.6 Å². The minimum atomic E-state index is -0.198. The van der Waals surface area contributed by atoms with E-state index in [0.29, 0.717) is 32.9 Å². The lowest BCUT2D eigenvalue weighted by molar-refractivity contribution is 0.475. The Morgan fingerprint density at radius 1 is 0.963 bits per heavy atom. The fourth-order valence-electron chi connectivity index (χ4n) is 2.98. The number of hydrogen-bond acceptors (Lipinski definition) is 3. The molecule has 4 heteroatoms. The summed E-state index contributed by atoms with van der Waals surface area (Å²) in [5.74, 6) is 3.15. The van der Waals surface area contributed by atoms with Gasteiger partial charge in [-0.15, -0.1) is 6.42 Å². The van der Waals surface area contributed by atoms with Gasteiger partial charge in [-0.3, -0.25) is 4.79 Å². The Morgan fingerprint density at radius 2 is 1.74 bits per heavy atom. The molecule has 0 radical (unpaired) electrons. The Bertz CT molecular complexity index is 1260. The molecule has 0 aliphatic rings. The first-order valence-corrected chi connectivity index (χ1v) is 8.57. The number of rotatable bonds is 2. The number of halogens is 1. The lowest BCUT2D eigenvalue weighted by atomic mass is 10.0. The zero-order valence-corrected chi connectivity index (χ0v) is 14.8. The molecule has 0 aliphatic carbocycles. The summed E-state index contributed by atoms with van der Waals surface area (Å²) in [5.41, 5.74) is 3.14. The third kappa shape index (κ3) is 3.19. The van der Waals surface area contributed by atoms with Crippen molar-refractivity contribution in [3.63, 3.8) is 0 Å². The molecule has 3 aromatic carbocycles. The maximum atomic E-state index is 12.7. The standard InChI is InChI=1S/C23H13ClO3/c1-2-14-4-3-5-16(10-14)19-11-17(24)12-20-21(26)13-22(27-23(19)20)15-6-8-18(25)9-7-15/h1,3-13,25H. The Labute approximate surface area is 160 Å². The molecule has 3 nitrogen and oxygen atoms in total. The number of terminal acetylenes is 1. The van der Waals surface area contributed by atoms with Crippen LogP contribution in [0.15, 0.2) is 75.9 Å². The molecule has 1 N–H and O–H groups in total. The van der Waals surface area contributed by atoms with Crippen LogP contribution in [0, 0.1) is 12.3 Å². The fraction of sp³-hybridized carbons (Fsp3) is 0. The fourth-order valence-corrected chi connectivity index (χ4v) is 3.20. The molecule has 0 fully saturated rings. The van der Waals surface area contributed by atoms with E-state index in [-0.39, 0.29) is 11.2 Å². The van der Waals surface area contributed by atoms with Crippen LogP contribution in [-0.2, 0) is 0 Å². The van der Waals surface area contributed by atoms with E-state index in [9.17, 15) is 9.90 Å². The minimum absolute atomic E-state index is 0.139. The molecule has 0 atom stereocenters. The second-order valence-electron chi connectivity index (χ2n) is 6.08. The first-order valence-electron chi connectivity index (χ1n) is 8.19. The van der Waals surface area contributed by atoms with Crippen molar-refractivity contribution in [3.05, 3.63) is 87.5 Å². The normalized spacial score (nSPS) is 10.7. The van der Waals surface area contributed by atoms with Gasteiger partial charge in [-0.05, 0) is 54.1 Å². The van der Waals surface area contributed by atoms with Crippen LogP contribution in [0.4, 0.5) is 0 Å². The van der Waals surface area contributed by atoms with Gasteiger partial charge in [0.05, 0.1) is 5.39 Å². The largest absolute Gasteiger partial charge is 0.508 e. The zero-order chi connectivity index (χ0) is 19.0. The molecule has 0 spiro atoms. The highest BCUT2D eigenvalue weighted by Gasteiger charge is 2.14. The van der Waals surface area contributed by atoms with Crippen LogP contribution in [0.3, 0.4) is 0 Å². The molecular formula is C23H13ClO3. The van der Waals surface area contributed by atoms with Crippen molar-refractivity contribution < 1.29 is 9.52 Å².